The normalized spacial score (nSPS) is 48.0. The summed E-state index contributed by atoms with van der Waals surface area (Å²) in [7, 11) is 0. The molecule has 0 amide bonds. The van der Waals surface area contributed by atoms with Crippen molar-refractivity contribution in [1.29, 1.82) is 0 Å². The third kappa shape index (κ3) is 4.17. The molecule has 178 valence electrons. The molecule has 0 aromatic carbocycles. The summed E-state index contributed by atoms with van der Waals surface area (Å²) in [6.45, 7) is 14.3. The Balaban J connectivity index is 1.50. The lowest BCUT2D eigenvalue weighted by molar-refractivity contribution is -0.198. The van der Waals surface area contributed by atoms with Crippen LogP contribution in [0.15, 0.2) is 0 Å². The molecule has 9 atom stereocenters. The summed E-state index contributed by atoms with van der Waals surface area (Å²) in [6.07, 6.45) is 15.7. The fourth-order valence-electron chi connectivity index (χ4n) is 8.65. The Bertz CT molecular complexity index is 641. The van der Waals surface area contributed by atoms with Crippen LogP contribution < -0.4 is 0 Å². The zero-order chi connectivity index (χ0) is 22.4. The quantitative estimate of drug-likeness (QED) is 0.401. The van der Waals surface area contributed by atoms with Gasteiger partial charge in [-0.25, -0.2) is 0 Å². The molecule has 3 saturated carbocycles. The highest BCUT2D eigenvalue weighted by atomic mass is 16.5. The summed E-state index contributed by atoms with van der Waals surface area (Å²) >= 11 is 0. The van der Waals surface area contributed by atoms with Crippen LogP contribution >= 0.6 is 0 Å². The standard InChI is InChI=1S/C29H50O2/c1-19(2)11-7-8-12-22-14-15-23-25(20(3)16-18-29(22,23)6)27-26(30)24-13-9-10-17-28(24,5)21(4)31-27/h19-25,27H,7-18H2,1-6H3/t20?,21-,22?,23?,24?,25?,27?,28?,29?/m1/s1. The van der Waals surface area contributed by atoms with Crippen molar-refractivity contribution in [1.82, 2.24) is 0 Å². The lowest BCUT2D eigenvalue weighted by atomic mass is 9.54. The molecule has 0 radical (unpaired) electrons. The fourth-order valence-corrected chi connectivity index (χ4v) is 8.65. The number of Topliss-reactive ketones (excluding diaryl/α,β-unsaturated/α-hetero) is 1. The van der Waals surface area contributed by atoms with E-state index in [1.165, 1.54) is 64.2 Å². The Morgan fingerprint density at radius 2 is 1.74 bits per heavy atom. The molecule has 4 rings (SSSR count). The minimum Gasteiger partial charge on any atom is -0.367 e. The molecule has 8 unspecified atom stereocenters. The molecule has 2 heteroatoms. The Kier molecular flexibility index (Phi) is 6.99. The van der Waals surface area contributed by atoms with E-state index < -0.39 is 0 Å². The summed E-state index contributed by atoms with van der Waals surface area (Å²) < 4.78 is 6.74. The average Bonchev–Trinajstić information content (AvgIpc) is 3.05. The van der Waals surface area contributed by atoms with E-state index in [2.05, 4.69) is 41.5 Å². The molecule has 0 spiro atoms. The molecule has 31 heavy (non-hydrogen) atoms. The van der Waals surface area contributed by atoms with Crippen molar-refractivity contribution >= 4 is 5.78 Å². The van der Waals surface area contributed by atoms with Crippen molar-refractivity contribution in [3.8, 4) is 0 Å². The van der Waals surface area contributed by atoms with E-state index in [4.69, 9.17) is 4.74 Å². The number of fused-ring (bicyclic) bond motifs is 2. The maximum absolute atomic E-state index is 13.9. The minimum absolute atomic E-state index is 0.0711. The summed E-state index contributed by atoms with van der Waals surface area (Å²) in [6, 6.07) is 0. The van der Waals surface area contributed by atoms with Crippen LogP contribution in [0.25, 0.3) is 0 Å². The number of ketones is 1. The molecular formula is C29H50O2. The van der Waals surface area contributed by atoms with Crippen molar-refractivity contribution in [3.05, 3.63) is 0 Å². The molecule has 0 aromatic rings. The first-order valence-electron chi connectivity index (χ1n) is 13.9. The molecule has 0 bridgehead atoms. The van der Waals surface area contributed by atoms with Gasteiger partial charge in [-0.15, -0.1) is 0 Å². The van der Waals surface area contributed by atoms with Crippen LogP contribution in [0.3, 0.4) is 0 Å². The Morgan fingerprint density at radius 1 is 0.968 bits per heavy atom. The highest BCUT2D eigenvalue weighted by Gasteiger charge is 2.59. The first-order chi connectivity index (χ1) is 14.7. The van der Waals surface area contributed by atoms with Gasteiger partial charge in [0.15, 0.2) is 5.78 Å². The molecule has 4 fully saturated rings. The molecule has 1 heterocycles. The largest absolute Gasteiger partial charge is 0.367 e. The molecule has 3 aliphatic carbocycles. The van der Waals surface area contributed by atoms with E-state index in [0.29, 0.717) is 29.0 Å². The van der Waals surface area contributed by atoms with E-state index in [0.717, 1.165) is 24.7 Å². The Labute approximate surface area is 192 Å². The maximum Gasteiger partial charge on any atom is 0.165 e. The van der Waals surface area contributed by atoms with Gasteiger partial charge in [0, 0.05) is 11.3 Å². The van der Waals surface area contributed by atoms with Crippen LogP contribution in [0.1, 0.15) is 119 Å². The molecule has 0 aromatic heterocycles. The number of hydrogen-bond donors (Lipinski definition) is 0. The maximum atomic E-state index is 13.9. The topological polar surface area (TPSA) is 26.3 Å². The SMILES string of the molecule is CC(C)CCCCC1CCC2C(C3O[C@H](C)C4(C)CCCCC4C3=O)C(C)CCC12C. The van der Waals surface area contributed by atoms with Gasteiger partial charge in [0.2, 0.25) is 0 Å². The van der Waals surface area contributed by atoms with Crippen LogP contribution in [-0.2, 0) is 9.53 Å². The first kappa shape index (κ1) is 23.8. The van der Waals surface area contributed by atoms with Gasteiger partial charge in [-0.05, 0) is 86.9 Å². The summed E-state index contributed by atoms with van der Waals surface area (Å²) in [5, 5.41) is 0. The number of carbonyl (C=O) groups is 1. The van der Waals surface area contributed by atoms with Gasteiger partial charge in [-0.2, -0.15) is 0 Å². The van der Waals surface area contributed by atoms with Crippen LogP contribution in [0.2, 0.25) is 0 Å². The number of carbonyl (C=O) groups excluding carboxylic acids is 1. The van der Waals surface area contributed by atoms with Gasteiger partial charge in [-0.3, -0.25) is 4.79 Å². The number of hydrogen-bond acceptors (Lipinski definition) is 2. The highest BCUT2D eigenvalue weighted by Crippen LogP contribution is 2.62. The number of rotatable bonds is 6. The van der Waals surface area contributed by atoms with Gasteiger partial charge >= 0.3 is 0 Å². The van der Waals surface area contributed by atoms with Crippen molar-refractivity contribution < 1.29 is 9.53 Å². The number of unbranched alkanes of at least 4 members (excludes halogenated alkanes) is 1. The molecular weight excluding hydrogens is 380 g/mol. The van der Waals surface area contributed by atoms with E-state index in [-0.39, 0.29) is 23.5 Å². The predicted octanol–water partition coefficient (Wildman–Crippen LogP) is 7.83. The van der Waals surface area contributed by atoms with Gasteiger partial charge in [0.05, 0.1) is 6.10 Å². The van der Waals surface area contributed by atoms with E-state index in [1.807, 2.05) is 0 Å². The summed E-state index contributed by atoms with van der Waals surface area (Å²) in [5.41, 5.74) is 0.497. The molecule has 0 N–H and O–H groups in total. The van der Waals surface area contributed by atoms with Crippen molar-refractivity contribution in [2.75, 3.05) is 0 Å². The van der Waals surface area contributed by atoms with E-state index in [1.54, 1.807) is 0 Å². The average molecular weight is 431 g/mol. The molecule has 1 aliphatic heterocycles. The molecule has 1 saturated heterocycles. The predicted molar refractivity (Wildman–Crippen MR) is 129 cm³/mol. The van der Waals surface area contributed by atoms with Gasteiger partial charge in [-0.1, -0.05) is 66.7 Å². The Morgan fingerprint density at radius 3 is 2.48 bits per heavy atom. The lowest BCUT2D eigenvalue weighted by Gasteiger charge is -2.56. The second-order valence-electron chi connectivity index (χ2n) is 13.1. The van der Waals surface area contributed by atoms with Crippen molar-refractivity contribution in [2.24, 2.45) is 46.3 Å². The monoisotopic (exact) mass is 430 g/mol. The minimum atomic E-state index is -0.134. The highest BCUT2D eigenvalue weighted by molar-refractivity contribution is 5.87. The van der Waals surface area contributed by atoms with Gasteiger partial charge in [0.1, 0.15) is 6.10 Å². The second-order valence-corrected chi connectivity index (χ2v) is 13.1. The molecule has 2 nitrogen and oxygen atoms in total. The van der Waals surface area contributed by atoms with Crippen LogP contribution in [-0.4, -0.2) is 18.0 Å². The first-order valence-corrected chi connectivity index (χ1v) is 13.9. The Hall–Kier alpha value is -0.370. The lowest BCUT2D eigenvalue weighted by Crippen LogP contribution is -2.59. The van der Waals surface area contributed by atoms with Crippen LogP contribution in [0.4, 0.5) is 0 Å². The second kappa shape index (κ2) is 9.11. The summed E-state index contributed by atoms with van der Waals surface area (Å²) in [4.78, 5) is 13.9. The smallest absolute Gasteiger partial charge is 0.165 e. The zero-order valence-electron chi connectivity index (χ0n) is 21.4. The zero-order valence-corrected chi connectivity index (χ0v) is 21.4. The molecule has 4 aliphatic rings. The van der Waals surface area contributed by atoms with E-state index >= 15 is 0 Å². The van der Waals surface area contributed by atoms with E-state index in [9.17, 15) is 4.79 Å². The van der Waals surface area contributed by atoms with Gasteiger partial charge < -0.3 is 4.74 Å². The third-order valence-corrected chi connectivity index (χ3v) is 11.0. The fraction of sp³-hybridized carbons (Fsp3) is 0.966. The van der Waals surface area contributed by atoms with Crippen molar-refractivity contribution in [3.63, 3.8) is 0 Å². The third-order valence-electron chi connectivity index (χ3n) is 11.0. The summed E-state index contributed by atoms with van der Waals surface area (Å²) in [5.74, 6) is 4.16. The van der Waals surface area contributed by atoms with Crippen LogP contribution in [0, 0.1) is 46.3 Å². The van der Waals surface area contributed by atoms with Crippen LogP contribution in [0.5, 0.6) is 0 Å². The number of ether oxygens (including phenoxy) is 1. The van der Waals surface area contributed by atoms with Crippen molar-refractivity contribution in [2.45, 2.75) is 131 Å². The van der Waals surface area contributed by atoms with Gasteiger partial charge in [0.25, 0.3) is 0 Å².